The number of ether oxygens (including phenoxy) is 1. The summed E-state index contributed by atoms with van der Waals surface area (Å²) in [5.74, 6) is 0.485. The molecule has 1 atom stereocenters. The molecule has 0 aliphatic carbocycles. The van der Waals surface area contributed by atoms with Crippen LogP contribution in [-0.2, 0) is 21.2 Å². The number of hydrogen-bond acceptors (Lipinski definition) is 4. The molecular weight excluding hydrogens is 376 g/mol. The van der Waals surface area contributed by atoms with Crippen molar-refractivity contribution in [1.82, 2.24) is 9.62 Å². The normalized spacial score (nSPS) is 12.6. The second kappa shape index (κ2) is 9.71. The summed E-state index contributed by atoms with van der Waals surface area (Å²) in [4.78, 5) is 12.7. The van der Waals surface area contributed by atoms with E-state index in [2.05, 4.69) is 5.32 Å². The van der Waals surface area contributed by atoms with Crippen molar-refractivity contribution in [2.24, 2.45) is 0 Å². The number of aryl methyl sites for hydroxylation is 1. The Hall–Kier alpha value is -2.38. The average Bonchev–Trinajstić information content (AvgIpc) is 2.70. The van der Waals surface area contributed by atoms with Crippen molar-refractivity contribution in [1.29, 1.82) is 0 Å². The first-order valence-electron chi connectivity index (χ1n) is 9.23. The number of amides is 1. The lowest BCUT2D eigenvalue weighted by Gasteiger charge is -2.18. The molecule has 0 aliphatic rings. The Kier molecular flexibility index (Phi) is 7.60. The fraction of sp³-hybridized carbons (Fsp3) is 0.381. The zero-order chi connectivity index (χ0) is 20.7. The Labute approximate surface area is 167 Å². The molecule has 152 valence electrons. The molecule has 0 saturated carbocycles. The highest BCUT2D eigenvalue weighted by molar-refractivity contribution is 7.89. The molecule has 0 aliphatic heterocycles. The van der Waals surface area contributed by atoms with Crippen molar-refractivity contribution in [3.05, 3.63) is 59.7 Å². The van der Waals surface area contributed by atoms with E-state index in [1.54, 1.807) is 12.1 Å². The SMILES string of the molecule is CCC(NC(=O)CCc1cc(S(=O)(=O)N(C)C)ccc1OC)c1ccccc1. The number of nitrogens with zero attached hydrogens (tertiary/aromatic N) is 1. The van der Waals surface area contributed by atoms with Gasteiger partial charge in [-0.1, -0.05) is 37.3 Å². The molecule has 0 fully saturated rings. The van der Waals surface area contributed by atoms with Gasteiger partial charge < -0.3 is 10.1 Å². The highest BCUT2D eigenvalue weighted by Crippen LogP contribution is 2.25. The zero-order valence-electron chi connectivity index (χ0n) is 16.8. The minimum atomic E-state index is -3.54. The lowest BCUT2D eigenvalue weighted by atomic mass is 10.0. The monoisotopic (exact) mass is 404 g/mol. The van der Waals surface area contributed by atoms with Gasteiger partial charge >= 0.3 is 0 Å². The molecule has 0 spiro atoms. The van der Waals surface area contributed by atoms with Crippen LogP contribution < -0.4 is 10.1 Å². The van der Waals surface area contributed by atoms with E-state index in [-0.39, 0.29) is 23.3 Å². The van der Waals surface area contributed by atoms with Crippen molar-refractivity contribution in [2.45, 2.75) is 37.1 Å². The van der Waals surface area contributed by atoms with Gasteiger partial charge in [-0.3, -0.25) is 4.79 Å². The Morgan fingerprint density at radius 2 is 1.82 bits per heavy atom. The first-order chi connectivity index (χ1) is 13.3. The van der Waals surface area contributed by atoms with Crippen molar-refractivity contribution in [3.63, 3.8) is 0 Å². The molecule has 0 radical (unpaired) electrons. The molecular formula is C21H28N2O4S. The Balaban J connectivity index is 2.11. The standard InChI is InChI=1S/C21H28N2O4S/c1-5-19(16-9-7-6-8-10-16)22-21(24)14-11-17-15-18(12-13-20(17)27-4)28(25,26)23(2)3/h6-10,12-13,15,19H,5,11,14H2,1-4H3,(H,22,24). The van der Waals surface area contributed by atoms with E-state index in [4.69, 9.17) is 4.74 Å². The molecule has 0 aromatic heterocycles. The highest BCUT2D eigenvalue weighted by atomic mass is 32.2. The maximum Gasteiger partial charge on any atom is 0.242 e. The maximum absolute atomic E-state index is 12.5. The summed E-state index contributed by atoms with van der Waals surface area (Å²) in [6.07, 6.45) is 1.41. The second-order valence-electron chi connectivity index (χ2n) is 6.70. The summed E-state index contributed by atoms with van der Waals surface area (Å²) < 4.78 is 31.2. The molecule has 1 unspecified atom stereocenters. The highest BCUT2D eigenvalue weighted by Gasteiger charge is 2.20. The molecule has 6 nitrogen and oxygen atoms in total. The van der Waals surface area contributed by atoms with Crippen LogP contribution in [0.3, 0.4) is 0 Å². The van der Waals surface area contributed by atoms with Gasteiger partial charge in [0.05, 0.1) is 18.0 Å². The smallest absolute Gasteiger partial charge is 0.242 e. The van der Waals surface area contributed by atoms with Gasteiger partial charge in [0, 0.05) is 20.5 Å². The van der Waals surface area contributed by atoms with E-state index in [1.807, 2.05) is 37.3 Å². The molecule has 7 heteroatoms. The molecule has 2 aromatic rings. The van der Waals surface area contributed by atoms with E-state index in [0.29, 0.717) is 17.7 Å². The van der Waals surface area contributed by atoms with Crippen molar-refractivity contribution in [3.8, 4) is 5.75 Å². The maximum atomic E-state index is 12.5. The number of methoxy groups -OCH3 is 1. The average molecular weight is 405 g/mol. The van der Waals surface area contributed by atoms with E-state index >= 15 is 0 Å². The minimum absolute atomic E-state index is 0.0453. The quantitative estimate of drug-likeness (QED) is 0.697. The minimum Gasteiger partial charge on any atom is -0.496 e. The first-order valence-corrected chi connectivity index (χ1v) is 10.7. The second-order valence-corrected chi connectivity index (χ2v) is 8.85. The molecule has 0 saturated heterocycles. The lowest BCUT2D eigenvalue weighted by molar-refractivity contribution is -0.121. The van der Waals surface area contributed by atoms with Gasteiger partial charge in [-0.15, -0.1) is 0 Å². The van der Waals surface area contributed by atoms with Gasteiger partial charge in [0.1, 0.15) is 5.75 Å². The number of sulfonamides is 1. The van der Waals surface area contributed by atoms with Gasteiger partial charge in [-0.05, 0) is 42.2 Å². The summed E-state index contributed by atoms with van der Waals surface area (Å²) in [6.45, 7) is 2.02. The van der Waals surface area contributed by atoms with Crippen LogP contribution in [-0.4, -0.2) is 39.8 Å². The Morgan fingerprint density at radius 3 is 2.39 bits per heavy atom. The summed E-state index contributed by atoms with van der Waals surface area (Å²) in [5.41, 5.74) is 1.75. The number of carbonyl (C=O) groups is 1. The van der Waals surface area contributed by atoms with Crippen LogP contribution in [0.2, 0.25) is 0 Å². The Bertz CT molecular complexity index is 896. The van der Waals surface area contributed by atoms with Crippen LogP contribution in [0.15, 0.2) is 53.4 Å². The van der Waals surface area contributed by atoms with Crippen LogP contribution >= 0.6 is 0 Å². The fourth-order valence-corrected chi connectivity index (χ4v) is 3.90. The van der Waals surface area contributed by atoms with Crippen molar-refractivity contribution >= 4 is 15.9 Å². The number of nitrogens with one attached hydrogen (secondary N) is 1. The summed E-state index contributed by atoms with van der Waals surface area (Å²) >= 11 is 0. The summed E-state index contributed by atoms with van der Waals surface area (Å²) in [5, 5.41) is 3.05. The van der Waals surface area contributed by atoms with Crippen molar-refractivity contribution in [2.75, 3.05) is 21.2 Å². The lowest BCUT2D eigenvalue weighted by Crippen LogP contribution is -2.28. The van der Waals surface area contributed by atoms with Gasteiger partial charge in [0.2, 0.25) is 15.9 Å². The van der Waals surface area contributed by atoms with Crippen LogP contribution in [0, 0.1) is 0 Å². The van der Waals surface area contributed by atoms with E-state index < -0.39 is 10.0 Å². The summed E-state index contributed by atoms with van der Waals surface area (Å²) in [6, 6.07) is 14.5. The Morgan fingerprint density at radius 1 is 1.14 bits per heavy atom. The fourth-order valence-electron chi connectivity index (χ4n) is 2.94. The molecule has 1 amide bonds. The van der Waals surface area contributed by atoms with Gasteiger partial charge in [-0.2, -0.15) is 0 Å². The summed E-state index contributed by atoms with van der Waals surface area (Å²) in [7, 11) is 0.959. The van der Waals surface area contributed by atoms with Crippen LogP contribution in [0.1, 0.15) is 36.9 Å². The zero-order valence-corrected chi connectivity index (χ0v) is 17.6. The predicted octanol–water partition coefficient (Wildman–Crippen LogP) is 3.15. The third-order valence-electron chi connectivity index (χ3n) is 4.60. The third-order valence-corrected chi connectivity index (χ3v) is 6.41. The third kappa shape index (κ3) is 5.33. The molecule has 0 bridgehead atoms. The van der Waals surface area contributed by atoms with E-state index in [1.165, 1.54) is 27.3 Å². The number of carbonyl (C=O) groups excluding carboxylic acids is 1. The predicted molar refractivity (Wildman–Crippen MR) is 110 cm³/mol. The number of benzene rings is 2. The van der Waals surface area contributed by atoms with Crippen LogP contribution in [0.4, 0.5) is 0 Å². The van der Waals surface area contributed by atoms with E-state index in [0.717, 1.165) is 16.3 Å². The van der Waals surface area contributed by atoms with Crippen LogP contribution in [0.25, 0.3) is 0 Å². The molecule has 0 heterocycles. The number of rotatable bonds is 9. The van der Waals surface area contributed by atoms with E-state index in [9.17, 15) is 13.2 Å². The largest absolute Gasteiger partial charge is 0.496 e. The van der Waals surface area contributed by atoms with Gasteiger partial charge in [-0.25, -0.2) is 12.7 Å². The molecule has 1 N–H and O–H groups in total. The van der Waals surface area contributed by atoms with Crippen molar-refractivity contribution < 1.29 is 17.9 Å². The first kappa shape index (κ1) is 21.9. The molecule has 28 heavy (non-hydrogen) atoms. The van der Waals surface area contributed by atoms with Gasteiger partial charge in [0.15, 0.2) is 0 Å². The number of hydrogen-bond donors (Lipinski definition) is 1. The molecule has 2 rings (SSSR count). The topological polar surface area (TPSA) is 75.7 Å². The van der Waals surface area contributed by atoms with Crippen LogP contribution in [0.5, 0.6) is 5.75 Å². The molecule has 2 aromatic carbocycles. The van der Waals surface area contributed by atoms with Gasteiger partial charge in [0.25, 0.3) is 0 Å².